The van der Waals surface area contributed by atoms with Gasteiger partial charge in [-0.25, -0.2) is 0 Å². The molecule has 0 atom stereocenters. The molecule has 1 aliphatic carbocycles. The SMILES string of the molecule is CN(Cc1ccc(C(F)(F)F)cc1)C(=O)C1(C#N)CCCC1. The van der Waals surface area contributed by atoms with Gasteiger partial charge in [0, 0.05) is 13.6 Å². The normalized spacial score (nSPS) is 17.0. The summed E-state index contributed by atoms with van der Waals surface area (Å²) in [5.41, 5.74) is -1.06. The van der Waals surface area contributed by atoms with Gasteiger partial charge in [-0.1, -0.05) is 25.0 Å². The minimum Gasteiger partial charge on any atom is -0.340 e. The third kappa shape index (κ3) is 3.24. The van der Waals surface area contributed by atoms with Crippen molar-refractivity contribution < 1.29 is 18.0 Å². The van der Waals surface area contributed by atoms with Crippen LogP contribution in [-0.4, -0.2) is 17.9 Å². The lowest BCUT2D eigenvalue weighted by atomic mass is 9.86. The van der Waals surface area contributed by atoms with E-state index in [1.54, 1.807) is 7.05 Å². The standard InChI is InChI=1S/C16H17F3N2O/c1-21(14(22)15(11-20)8-2-3-9-15)10-12-4-6-13(7-5-12)16(17,18)19/h4-7H,2-3,8-10H2,1H3. The minimum atomic E-state index is -4.37. The van der Waals surface area contributed by atoms with Crippen LogP contribution in [0.2, 0.25) is 0 Å². The summed E-state index contributed by atoms with van der Waals surface area (Å²) in [5, 5.41) is 9.31. The van der Waals surface area contributed by atoms with E-state index in [0.717, 1.165) is 25.0 Å². The van der Waals surface area contributed by atoms with E-state index in [2.05, 4.69) is 6.07 Å². The van der Waals surface area contributed by atoms with E-state index in [-0.39, 0.29) is 12.5 Å². The van der Waals surface area contributed by atoms with Crippen molar-refractivity contribution in [3.05, 3.63) is 35.4 Å². The van der Waals surface area contributed by atoms with Crippen LogP contribution in [0.25, 0.3) is 0 Å². The van der Waals surface area contributed by atoms with Crippen molar-refractivity contribution in [2.45, 2.75) is 38.4 Å². The van der Waals surface area contributed by atoms with Crippen LogP contribution in [0, 0.1) is 16.7 Å². The van der Waals surface area contributed by atoms with Crippen LogP contribution >= 0.6 is 0 Å². The molecule has 1 fully saturated rings. The topological polar surface area (TPSA) is 44.1 Å². The predicted molar refractivity (Wildman–Crippen MR) is 74.4 cm³/mol. The van der Waals surface area contributed by atoms with Crippen molar-refractivity contribution in [3.8, 4) is 6.07 Å². The molecule has 1 aromatic rings. The predicted octanol–water partition coefficient (Wildman–Crippen LogP) is 3.75. The van der Waals surface area contributed by atoms with Crippen LogP contribution in [-0.2, 0) is 17.5 Å². The molecule has 0 aliphatic heterocycles. The molecular weight excluding hydrogens is 293 g/mol. The Morgan fingerprint density at radius 1 is 1.27 bits per heavy atom. The zero-order valence-corrected chi connectivity index (χ0v) is 12.3. The summed E-state index contributed by atoms with van der Waals surface area (Å²) in [4.78, 5) is 13.9. The maximum absolute atomic E-state index is 12.5. The summed E-state index contributed by atoms with van der Waals surface area (Å²) in [7, 11) is 1.58. The Kier molecular flexibility index (Phi) is 4.45. The molecule has 1 amide bonds. The van der Waals surface area contributed by atoms with Crippen molar-refractivity contribution in [2.24, 2.45) is 5.41 Å². The average Bonchev–Trinajstić information content (AvgIpc) is 2.96. The lowest BCUT2D eigenvalue weighted by molar-refractivity contribution is -0.138. The van der Waals surface area contributed by atoms with E-state index in [1.165, 1.54) is 17.0 Å². The number of carbonyl (C=O) groups is 1. The third-order valence-corrected chi connectivity index (χ3v) is 4.13. The van der Waals surface area contributed by atoms with Crippen LogP contribution in [0.3, 0.4) is 0 Å². The molecule has 0 bridgehead atoms. The highest BCUT2D eigenvalue weighted by Crippen LogP contribution is 2.39. The van der Waals surface area contributed by atoms with Crippen molar-refractivity contribution >= 4 is 5.91 Å². The fourth-order valence-corrected chi connectivity index (χ4v) is 2.86. The zero-order chi connectivity index (χ0) is 16.4. The molecule has 0 spiro atoms. The van der Waals surface area contributed by atoms with Crippen LogP contribution in [0.4, 0.5) is 13.2 Å². The summed E-state index contributed by atoms with van der Waals surface area (Å²) < 4.78 is 37.5. The van der Waals surface area contributed by atoms with E-state index >= 15 is 0 Å². The second-order valence-corrected chi connectivity index (χ2v) is 5.76. The number of rotatable bonds is 3. The van der Waals surface area contributed by atoms with E-state index < -0.39 is 17.2 Å². The molecule has 0 saturated heterocycles. The van der Waals surface area contributed by atoms with Crippen molar-refractivity contribution in [1.29, 1.82) is 5.26 Å². The van der Waals surface area contributed by atoms with Crippen LogP contribution in [0.1, 0.15) is 36.8 Å². The molecule has 3 nitrogen and oxygen atoms in total. The number of hydrogen-bond acceptors (Lipinski definition) is 2. The molecule has 22 heavy (non-hydrogen) atoms. The van der Waals surface area contributed by atoms with Crippen LogP contribution < -0.4 is 0 Å². The maximum Gasteiger partial charge on any atom is 0.416 e. The number of benzene rings is 1. The molecule has 0 N–H and O–H groups in total. The van der Waals surface area contributed by atoms with Gasteiger partial charge in [0.2, 0.25) is 5.91 Å². The minimum absolute atomic E-state index is 0.195. The maximum atomic E-state index is 12.5. The molecule has 0 aromatic heterocycles. The Bertz CT molecular complexity index is 581. The second-order valence-electron chi connectivity index (χ2n) is 5.76. The highest BCUT2D eigenvalue weighted by atomic mass is 19.4. The first-order chi connectivity index (χ1) is 10.3. The Balaban J connectivity index is 2.07. The first-order valence-electron chi connectivity index (χ1n) is 7.11. The van der Waals surface area contributed by atoms with Gasteiger partial charge in [-0.3, -0.25) is 4.79 Å². The van der Waals surface area contributed by atoms with Gasteiger partial charge in [-0.05, 0) is 30.5 Å². The van der Waals surface area contributed by atoms with Crippen LogP contribution in [0.15, 0.2) is 24.3 Å². The number of amides is 1. The van der Waals surface area contributed by atoms with E-state index in [1.807, 2.05) is 0 Å². The zero-order valence-electron chi connectivity index (χ0n) is 12.3. The summed E-state index contributed by atoms with van der Waals surface area (Å²) >= 11 is 0. The number of hydrogen-bond donors (Lipinski definition) is 0. The van der Waals surface area contributed by atoms with E-state index in [0.29, 0.717) is 18.4 Å². The Labute approximate surface area is 127 Å². The molecule has 1 saturated carbocycles. The molecule has 1 aliphatic rings. The molecule has 0 heterocycles. The van der Waals surface area contributed by atoms with E-state index in [9.17, 15) is 23.2 Å². The summed E-state index contributed by atoms with van der Waals surface area (Å²) in [6.07, 6.45) is -1.55. The molecule has 6 heteroatoms. The number of alkyl halides is 3. The average molecular weight is 310 g/mol. The van der Waals surface area contributed by atoms with Gasteiger partial charge >= 0.3 is 6.18 Å². The summed E-state index contributed by atoms with van der Waals surface area (Å²) in [6, 6.07) is 6.86. The van der Waals surface area contributed by atoms with Gasteiger partial charge in [0.25, 0.3) is 0 Å². The molecule has 2 rings (SSSR count). The lowest BCUT2D eigenvalue weighted by Crippen LogP contribution is -2.39. The molecular formula is C16H17F3N2O. The number of nitriles is 1. The lowest BCUT2D eigenvalue weighted by Gasteiger charge is -2.26. The second kappa shape index (κ2) is 5.99. The Morgan fingerprint density at radius 2 is 1.82 bits per heavy atom. The van der Waals surface area contributed by atoms with Gasteiger partial charge in [-0.15, -0.1) is 0 Å². The van der Waals surface area contributed by atoms with Gasteiger partial charge in [-0.2, -0.15) is 18.4 Å². The van der Waals surface area contributed by atoms with E-state index in [4.69, 9.17) is 0 Å². The fourth-order valence-electron chi connectivity index (χ4n) is 2.86. The molecule has 0 unspecified atom stereocenters. The number of carbonyl (C=O) groups excluding carboxylic acids is 1. The van der Waals surface area contributed by atoms with Crippen molar-refractivity contribution in [1.82, 2.24) is 4.90 Å². The fraction of sp³-hybridized carbons (Fsp3) is 0.500. The summed E-state index contributed by atoms with van der Waals surface area (Å²) in [6.45, 7) is 0.195. The van der Waals surface area contributed by atoms with Gasteiger partial charge in [0.05, 0.1) is 11.6 Å². The Morgan fingerprint density at radius 3 is 2.27 bits per heavy atom. The third-order valence-electron chi connectivity index (χ3n) is 4.13. The molecule has 118 valence electrons. The number of nitrogens with zero attached hydrogens (tertiary/aromatic N) is 2. The number of halogens is 3. The van der Waals surface area contributed by atoms with Crippen molar-refractivity contribution in [2.75, 3.05) is 7.05 Å². The highest BCUT2D eigenvalue weighted by molar-refractivity contribution is 5.85. The molecule has 1 aromatic carbocycles. The van der Waals surface area contributed by atoms with Gasteiger partial charge in [0.15, 0.2) is 0 Å². The van der Waals surface area contributed by atoms with Crippen LogP contribution in [0.5, 0.6) is 0 Å². The first kappa shape index (κ1) is 16.3. The molecule has 0 radical (unpaired) electrons. The van der Waals surface area contributed by atoms with Gasteiger partial charge in [0.1, 0.15) is 5.41 Å². The van der Waals surface area contributed by atoms with Crippen molar-refractivity contribution in [3.63, 3.8) is 0 Å². The quantitative estimate of drug-likeness (QED) is 0.853. The highest BCUT2D eigenvalue weighted by Gasteiger charge is 2.43. The first-order valence-corrected chi connectivity index (χ1v) is 7.11. The summed E-state index contributed by atoms with van der Waals surface area (Å²) in [5.74, 6) is -0.243. The monoisotopic (exact) mass is 310 g/mol. The smallest absolute Gasteiger partial charge is 0.340 e. The Hall–Kier alpha value is -2.03. The largest absolute Gasteiger partial charge is 0.416 e. The van der Waals surface area contributed by atoms with Gasteiger partial charge < -0.3 is 4.90 Å².